The minimum absolute atomic E-state index is 0.168. The lowest BCUT2D eigenvalue weighted by atomic mass is 9.78. The van der Waals surface area contributed by atoms with Gasteiger partial charge in [0.1, 0.15) is 5.75 Å². The molecular formula is C23H28O6. The SMILES string of the molecule is COC(=O)OCCCCOC(=O)Oc1ccc(C(C)(C)c2ccc(C)cc2)cc1. The molecule has 0 fully saturated rings. The first-order chi connectivity index (χ1) is 13.8. The van der Waals surface area contributed by atoms with Gasteiger partial charge < -0.3 is 18.9 Å². The Balaban J connectivity index is 1.80. The summed E-state index contributed by atoms with van der Waals surface area (Å²) < 4.78 is 19.3. The van der Waals surface area contributed by atoms with E-state index in [0.29, 0.717) is 18.6 Å². The summed E-state index contributed by atoms with van der Waals surface area (Å²) in [6.07, 6.45) is -0.371. The van der Waals surface area contributed by atoms with E-state index in [1.54, 1.807) is 12.1 Å². The lowest BCUT2D eigenvalue weighted by Crippen LogP contribution is -2.19. The number of carbonyl (C=O) groups is 2. The van der Waals surface area contributed by atoms with Crippen LogP contribution in [0.4, 0.5) is 9.59 Å². The second kappa shape index (κ2) is 10.5. The zero-order chi connectivity index (χ0) is 21.3. The van der Waals surface area contributed by atoms with Gasteiger partial charge in [-0.2, -0.15) is 0 Å². The molecule has 2 aromatic rings. The second-order valence-corrected chi connectivity index (χ2v) is 7.23. The molecule has 2 rings (SSSR count). The van der Waals surface area contributed by atoms with Crippen LogP contribution in [-0.2, 0) is 19.6 Å². The number of hydrogen-bond donors (Lipinski definition) is 0. The molecule has 0 saturated carbocycles. The van der Waals surface area contributed by atoms with Crippen molar-refractivity contribution < 1.29 is 28.5 Å². The third-order valence-corrected chi connectivity index (χ3v) is 4.70. The van der Waals surface area contributed by atoms with Crippen molar-refractivity contribution in [3.8, 4) is 5.75 Å². The van der Waals surface area contributed by atoms with E-state index in [9.17, 15) is 9.59 Å². The maximum atomic E-state index is 11.8. The summed E-state index contributed by atoms with van der Waals surface area (Å²) in [5, 5.41) is 0. The highest BCUT2D eigenvalue weighted by molar-refractivity contribution is 5.63. The van der Waals surface area contributed by atoms with Gasteiger partial charge in [0.05, 0.1) is 20.3 Å². The Kier molecular flexibility index (Phi) is 8.07. The fraction of sp³-hybridized carbons (Fsp3) is 0.391. The average Bonchev–Trinajstić information content (AvgIpc) is 2.71. The first-order valence-electron chi connectivity index (χ1n) is 9.56. The summed E-state index contributed by atoms with van der Waals surface area (Å²) in [5.41, 5.74) is 3.39. The van der Waals surface area contributed by atoms with Crippen molar-refractivity contribution in [2.45, 2.75) is 39.0 Å². The zero-order valence-electron chi connectivity index (χ0n) is 17.4. The van der Waals surface area contributed by atoms with Crippen LogP contribution < -0.4 is 4.74 Å². The maximum absolute atomic E-state index is 11.8. The average molecular weight is 400 g/mol. The van der Waals surface area contributed by atoms with E-state index in [-0.39, 0.29) is 18.6 Å². The van der Waals surface area contributed by atoms with Crippen LogP contribution in [0.25, 0.3) is 0 Å². The number of ether oxygens (including phenoxy) is 4. The molecule has 156 valence electrons. The van der Waals surface area contributed by atoms with Gasteiger partial charge >= 0.3 is 12.3 Å². The molecule has 0 N–H and O–H groups in total. The van der Waals surface area contributed by atoms with Gasteiger partial charge in [0.2, 0.25) is 0 Å². The fourth-order valence-electron chi connectivity index (χ4n) is 2.78. The molecule has 0 amide bonds. The third-order valence-electron chi connectivity index (χ3n) is 4.70. The molecule has 0 aliphatic heterocycles. The number of methoxy groups -OCH3 is 1. The van der Waals surface area contributed by atoms with Gasteiger partial charge in [-0.3, -0.25) is 0 Å². The van der Waals surface area contributed by atoms with E-state index in [1.807, 2.05) is 12.1 Å². The van der Waals surface area contributed by atoms with Crippen molar-refractivity contribution in [1.29, 1.82) is 0 Å². The van der Waals surface area contributed by atoms with Crippen molar-refractivity contribution >= 4 is 12.3 Å². The lowest BCUT2D eigenvalue weighted by molar-refractivity contribution is 0.0665. The first-order valence-corrected chi connectivity index (χ1v) is 9.56. The number of rotatable bonds is 8. The van der Waals surface area contributed by atoms with Crippen LogP contribution in [0.2, 0.25) is 0 Å². The van der Waals surface area contributed by atoms with Crippen LogP contribution in [0.1, 0.15) is 43.4 Å². The Morgan fingerprint density at radius 3 is 1.79 bits per heavy atom. The summed E-state index contributed by atoms with van der Waals surface area (Å²) in [7, 11) is 1.25. The number of hydrogen-bond acceptors (Lipinski definition) is 6. The number of unbranched alkanes of at least 4 members (excludes halogenated alkanes) is 1. The Morgan fingerprint density at radius 2 is 1.28 bits per heavy atom. The molecule has 0 aromatic heterocycles. The Labute approximate surface area is 171 Å². The monoisotopic (exact) mass is 400 g/mol. The highest BCUT2D eigenvalue weighted by atomic mass is 16.7. The van der Waals surface area contributed by atoms with E-state index < -0.39 is 12.3 Å². The highest BCUT2D eigenvalue weighted by Gasteiger charge is 2.23. The van der Waals surface area contributed by atoms with Crippen LogP contribution in [0.15, 0.2) is 48.5 Å². The predicted octanol–water partition coefficient (Wildman–Crippen LogP) is 5.40. The molecule has 29 heavy (non-hydrogen) atoms. The minimum atomic E-state index is -0.760. The van der Waals surface area contributed by atoms with Crippen molar-refractivity contribution in [1.82, 2.24) is 0 Å². The molecule has 0 radical (unpaired) electrons. The number of benzene rings is 2. The molecule has 0 spiro atoms. The maximum Gasteiger partial charge on any atom is 0.513 e. The fourth-order valence-corrected chi connectivity index (χ4v) is 2.78. The van der Waals surface area contributed by atoms with Crippen LogP contribution >= 0.6 is 0 Å². The van der Waals surface area contributed by atoms with Crippen LogP contribution in [-0.4, -0.2) is 32.6 Å². The summed E-state index contributed by atoms with van der Waals surface area (Å²) in [6, 6.07) is 15.9. The largest absolute Gasteiger partial charge is 0.513 e. The molecule has 0 unspecified atom stereocenters. The molecule has 0 atom stereocenters. The molecule has 0 saturated heterocycles. The van der Waals surface area contributed by atoms with E-state index in [1.165, 1.54) is 18.2 Å². The van der Waals surface area contributed by atoms with Gasteiger partial charge in [0.15, 0.2) is 0 Å². The number of aryl methyl sites for hydroxylation is 1. The Morgan fingerprint density at radius 1 is 0.793 bits per heavy atom. The standard InChI is InChI=1S/C23H28O6/c1-17-7-9-18(10-8-17)23(2,3)19-11-13-20(14-12-19)29-22(25)28-16-6-5-15-27-21(24)26-4/h7-14H,5-6,15-16H2,1-4H3. The van der Waals surface area contributed by atoms with E-state index in [4.69, 9.17) is 14.2 Å². The zero-order valence-corrected chi connectivity index (χ0v) is 17.4. The summed E-state index contributed by atoms with van der Waals surface area (Å²) in [5.74, 6) is 0.424. The van der Waals surface area contributed by atoms with Gasteiger partial charge in [-0.15, -0.1) is 0 Å². The van der Waals surface area contributed by atoms with Crippen molar-refractivity contribution in [3.63, 3.8) is 0 Å². The van der Waals surface area contributed by atoms with Gasteiger partial charge in [0, 0.05) is 5.41 Å². The summed E-state index contributed by atoms with van der Waals surface area (Å²) >= 11 is 0. The summed E-state index contributed by atoms with van der Waals surface area (Å²) in [6.45, 7) is 6.78. The molecule has 0 aliphatic rings. The minimum Gasteiger partial charge on any atom is -0.438 e. The van der Waals surface area contributed by atoms with Crippen LogP contribution in [0.5, 0.6) is 5.75 Å². The van der Waals surface area contributed by atoms with Crippen molar-refractivity contribution in [3.05, 3.63) is 65.2 Å². The molecule has 0 aliphatic carbocycles. The van der Waals surface area contributed by atoms with Gasteiger partial charge in [-0.25, -0.2) is 9.59 Å². The van der Waals surface area contributed by atoms with Crippen LogP contribution in [0.3, 0.4) is 0 Å². The quantitative estimate of drug-likeness (QED) is 0.336. The Bertz CT molecular complexity index is 793. The van der Waals surface area contributed by atoms with E-state index in [0.717, 1.165) is 5.56 Å². The second-order valence-electron chi connectivity index (χ2n) is 7.23. The molecule has 2 aromatic carbocycles. The van der Waals surface area contributed by atoms with Crippen LogP contribution in [0, 0.1) is 6.92 Å². The van der Waals surface area contributed by atoms with E-state index >= 15 is 0 Å². The molecule has 6 nitrogen and oxygen atoms in total. The predicted molar refractivity (Wildman–Crippen MR) is 109 cm³/mol. The van der Waals surface area contributed by atoms with E-state index in [2.05, 4.69) is 49.8 Å². The normalized spacial score (nSPS) is 10.9. The Hall–Kier alpha value is -3.02. The molecule has 6 heteroatoms. The molecular weight excluding hydrogens is 372 g/mol. The van der Waals surface area contributed by atoms with Gasteiger partial charge in [-0.1, -0.05) is 55.8 Å². The van der Waals surface area contributed by atoms with Crippen molar-refractivity contribution in [2.24, 2.45) is 0 Å². The smallest absolute Gasteiger partial charge is 0.438 e. The number of carbonyl (C=O) groups excluding carboxylic acids is 2. The molecule has 0 bridgehead atoms. The molecule has 0 heterocycles. The highest BCUT2D eigenvalue weighted by Crippen LogP contribution is 2.32. The van der Waals surface area contributed by atoms with Crippen molar-refractivity contribution in [2.75, 3.05) is 20.3 Å². The van der Waals surface area contributed by atoms with Gasteiger partial charge in [0.25, 0.3) is 0 Å². The first kappa shape index (κ1) is 22.3. The van der Waals surface area contributed by atoms with Gasteiger partial charge in [-0.05, 0) is 43.0 Å². The lowest BCUT2D eigenvalue weighted by Gasteiger charge is -2.26. The topological polar surface area (TPSA) is 71.1 Å². The summed E-state index contributed by atoms with van der Waals surface area (Å²) in [4.78, 5) is 22.6. The third kappa shape index (κ3) is 6.82.